The number of carbonyl (C=O) groups excluding carboxylic acids is 1. The summed E-state index contributed by atoms with van der Waals surface area (Å²) in [5.74, 6) is 0.916. The van der Waals surface area contributed by atoms with Crippen LogP contribution < -0.4 is 10.5 Å². The van der Waals surface area contributed by atoms with Crippen LogP contribution in [0.5, 0.6) is 5.75 Å². The third kappa shape index (κ3) is 2.66. The van der Waals surface area contributed by atoms with E-state index < -0.39 is 5.54 Å². The molecule has 0 radical (unpaired) electrons. The summed E-state index contributed by atoms with van der Waals surface area (Å²) in [4.78, 5) is 12.7. The Morgan fingerprint density at radius 3 is 2.37 bits per heavy atom. The summed E-state index contributed by atoms with van der Waals surface area (Å²) in [6.45, 7) is 3.90. The molecule has 0 aromatic heterocycles. The van der Waals surface area contributed by atoms with E-state index >= 15 is 0 Å². The van der Waals surface area contributed by atoms with Crippen molar-refractivity contribution in [1.82, 2.24) is 0 Å². The summed E-state index contributed by atoms with van der Waals surface area (Å²) in [7, 11) is 1.65. The molecule has 2 N–H and O–H groups in total. The molecule has 0 aliphatic heterocycles. The zero-order valence-electron chi connectivity index (χ0n) is 12.1. The van der Waals surface area contributed by atoms with Gasteiger partial charge in [0.2, 0.25) is 0 Å². The van der Waals surface area contributed by atoms with Crippen LogP contribution in [-0.2, 0) is 0 Å². The normalized spacial score (nSPS) is 18.1. The van der Waals surface area contributed by atoms with Gasteiger partial charge in [0.25, 0.3) is 0 Å². The van der Waals surface area contributed by atoms with E-state index in [4.69, 9.17) is 10.5 Å². The lowest BCUT2D eigenvalue weighted by atomic mass is 9.76. The van der Waals surface area contributed by atoms with Crippen molar-refractivity contribution in [1.29, 1.82) is 0 Å². The van der Waals surface area contributed by atoms with E-state index in [2.05, 4.69) is 0 Å². The van der Waals surface area contributed by atoms with Gasteiger partial charge in [-0.2, -0.15) is 0 Å². The number of hydrogen-bond donors (Lipinski definition) is 1. The number of nitrogens with two attached hydrogens (primary N) is 1. The van der Waals surface area contributed by atoms with Crippen molar-refractivity contribution in [2.75, 3.05) is 7.11 Å². The van der Waals surface area contributed by atoms with E-state index in [0.717, 1.165) is 48.1 Å². The van der Waals surface area contributed by atoms with Gasteiger partial charge in [-0.1, -0.05) is 19.3 Å². The van der Waals surface area contributed by atoms with Gasteiger partial charge in [-0.3, -0.25) is 4.79 Å². The van der Waals surface area contributed by atoms with Crippen LogP contribution in [0.1, 0.15) is 53.6 Å². The molecule has 1 saturated carbocycles. The third-order valence-corrected chi connectivity index (χ3v) is 4.18. The lowest BCUT2D eigenvalue weighted by Gasteiger charge is -2.32. The number of aryl methyl sites for hydroxylation is 2. The highest BCUT2D eigenvalue weighted by Gasteiger charge is 2.36. The van der Waals surface area contributed by atoms with Gasteiger partial charge >= 0.3 is 0 Å². The summed E-state index contributed by atoms with van der Waals surface area (Å²) >= 11 is 0. The molecule has 1 aliphatic rings. The molecule has 1 aromatic rings. The number of ether oxygens (including phenoxy) is 1. The maximum absolute atomic E-state index is 12.7. The molecule has 1 aromatic carbocycles. The first-order valence-electron chi connectivity index (χ1n) is 6.97. The second kappa shape index (κ2) is 5.33. The second-order valence-corrected chi connectivity index (χ2v) is 5.68. The van der Waals surface area contributed by atoms with Crippen molar-refractivity contribution in [3.63, 3.8) is 0 Å². The van der Waals surface area contributed by atoms with Crippen molar-refractivity contribution in [3.8, 4) is 5.75 Å². The van der Waals surface area contributed by atoms with Crippen molar-refractivity contribution in [2.24, 2.45) is 5.73 Å². The van der Waals surface area contributed by atoms with Crippen LogP contribution in [0.15, 0.2) is 12.1 Å². The number of Topliss-reactive ketones (excluding diaryl/α,β-unsaturated/α-hetero) is 1. The summed E-state index contributed by atoms with van der Waals surface area (Å²) in [6.07, 6.45) is 4.90. The Bertz CT molecular complexity index is 488. The molecule has 3 heteroatoms. The van der Waals surface area contributed by atoms with Crippen LogP contribution in [0.25, 0.3) is 0 Å². The maximum atomic E-state index is 12.7. The van der Waals surface area contributed by atoms with Gasteiger partial charge in [0.1, 0.15) is 5.75 Å². The zero-order chi connectivity index (χ0) is 14.0. The Morgan fingerprint density at radius 2 is 1.79 bits per heavy atom. The molecule has 3 nitrogen and oxygen atoms in total. The number of carbonyl (C=O) groups is 1. The molecule has 0 unspecified atom stereocenters. The number of rotatable bonds is 3. The highest BCUT2D eigenvalue weighted by atomic mass is 16.5. The van der Waals surface area contributed by atoms with Crippen molar-refractivity contribution in [2.45, 2.75) is 51.5 Å². The molecule has 0 amide bonds. The average molecular weight is 261 g/mol. The summed E-state index contributed by atoms with van der Waals surface area (Å²) in [5.41, 5.74) is 8.36. The molecule has 0 atom stereocenters. The molecule has 0 saturated heterocycles. The molecule has 0 heterocycles. The Hall–Kier alpha value is -1.35. The minimum atomic E-state index is -0.663. The Morgan fingerprint density at radius 1 is 1.16 bits per heavy atom. The van der Waals surface area contributed by atoms with Crippen LogP contribution in [0, 0.1) is 13.8 Å². The van der Waals surface area contributed by atoms with Gasteiger partial charge in [0.15, 0.2) is 5.78 Å². The summed E-state index contributed by atoms with van der Waals surface area (Å²) < 4.78 is 5.29. The van der Waals surface area contributed by atoms with Crippen molar-refractivity contribution < 1.29 is 9.53 Å². The highest BCUT2D eigenvalue weighted by Crippen LogP contribution is 2.31. The van der Waals surface area contributed by atoms with Crippen LogP contribution in [0.3, 0.4) is 0 Å². The molecule has 0 bridgehead atoms. The Labute approximate surface area is 115 Å². The Balaban J connectivity index is 2.36. The quantitative estimate of drug-likeness (QED) is 0.850. The van der Waals surface area contributed by atoms with Gasteiger partial charge in [-0.15, -0.1) is 0 Å². The predicted octanol–water partition coefficient (Wildman–Crippen LogP) is 3.16. The Kier molecular flexibility index (Phi) is 3.95. The minimum absolute atomic E-state index is 0.0930. The number of benzene rings is 1. The SMILES string of the molecule is COc1cc(C)c(C(=O)C2(N)CCCCC2)cc1C. The summed E-state index contributed by atoms with van der Waals surface area (Å²) in [5, 5.41) is 0. The van der Waals surface area contributed by atoms with Crippen LogP contribution in [-0.4, -0.2) is 18.4 Å². The fourth-order valence-electron chi connectivity index (χ4n) is 2.93. The largest absolute Gasteiger partial charge is 0.496 e. The van der Waals surface area contributed by atoms with Crippen LogP contribution in [0.4, 0.5) is 0 Å². The van der Waals surface area contributed by atoms with E-state index in [-0.39, 0.29) is 5.78 Å². The molecule has 2 rings (SSSR count). The molecule has 19 heavy (non-hydrogen) atoms. The number of ketones is 1. The topological polar surface area (TPSA) is 52.3 Å². The van der Waals surface area contributed by atoms with E-state index in [9.17, 15) is 4.79 Å². The second-order valence-electron chi connectivity index (χ2n) is 5.68. The fourth-order valence-corrected chi connectivity index (χ4v) is 2.93. The van der Waals surface area contributed by atoms with Gasteiger partial charge in [0.05, 0.1) is 12.6 Å². The first-order valence-corrected chi connectivity index (χ1v) is 6.97. The van der Waals surface area contributed by atoms with E-state index in [1.807, 2.05) is 26.0 Å². The maximum Gasteiger partial charge on any atom is 0.182 e. The summed E-state index contributed by atoms with van der Waals surface area (Å²) in [6, 6.07) is 3.84. The minimum Gasteiger partial charge on any atom is -0.496 e. The van der Waals surface area contributed by atoms with Crippen LogP contribution >= 0.6 is 0 Å². The number of hydrogen-bond acceptors (Lipinski definition) is 3. The van der Waals surface area contributed by atoms with Gasteiger partial charge in [0, 0.05) is 5.56 Å². The first-order chi connectivity index (χ1) is 8.98. The molecule has 104 valence electrons. The first kappa shape index (κ1) is 14.1. The molecular weight excluding hydrogens is 238 g/mol. The van der Waals surface area contributed by atoms with E-state index in [0.29, 0.717) is 0 Å². The molecule has 1 fully saturated rings. The third-order valence-electron chi connectivity index (χ3n) is 4.18. The lowest BCUT2D eigenvalue weighted by molar-refractivity contribution is 0.0847. The van der Waals surface area contributed by atoms with Gasteiger partial charge in [-0.05, 0) is 49.9 Å². The van der Waals surface area contributed by atoms with Crippen molar-refractivity contribution >= 4 is 5.78 Å². The molecule has 0 spiro atoms. The zero-order valence-corrected chi connectivity index (χ0v) is 12.1. The van der Waals surface area contributed by atoms with Gasteiger partial charge in [-0.25, -0.2) is 0 Å². The molecular formula is C16H23NO2. The standard InChI is InChI=1S/C16H23NO2/c1-11-10-14(19-3)12(2)9-13(11)15(18)16(17)7-5-4-6-8-16/h9-10H,4-8,17H2,1-3H3. The monoisotopic (exact) mass is 261 g/mol. The molecule has 1 aliphatic carbocycles. The fraction of sp³-hybridized carbons (Fsp3) is 0.562. The van der Waals surface area contributed by atoms with Gasteiger partial charge < -0.3 is 10.5 Å². The lowest BCUT2D eigenvalue weighted by Crippen LogP contribution is -2.49. The van der Waals surface area contributed by atoms with Crippen LogP contribution in [0.2, 0.25) is 0 Å². The average Bonchev–Trinajstić information content (AvgIpc) is 2.41. The number of methoxy groups -OCH3 is 1. The predicted molar refractivity (Wildman–Crippen MR) is 76.8 cm³/mol. The van der Waals surface area contributed by atoms with E-state index in [1.54, 1.807) is 7.11 Å². The van der Waals surface area contributed by atoms with E-state index in [1.165, 1.54) is 6.42 Å². The van der Waals surface area contributed by atoms with Crippen molar-refractivity contribution in [3.05, 3.63) is 28.8 Å². The smallest absolute Gasteiger partial charge is 0.182 e. The highest BCUT2D eigenvalue weighted by molar-refractivity contribution is 6.04.